The summed E-state index contributed by atoms with van der Waals surface area (Å²) in [7, 11) is 1.66. The summed E-state index contributed by atoms with van der Waals surface area (Å²) in [5.74, 6) is 1.19. The third-order valence-corrected chi connectivity index (χ3v) is 3.06. The van der Waals surface area contributed by atoms with Crippen molar-refractivity contribution in [3.63, 3.8) is 0 Å². The van der Waals surface area contributed by atoms with E-state index in [-0.39, 0.29) is 6.04 Å². The van der Waals surface area contributed by atoms with Gasteiger partial charge >= 0.3 is 0 Å². The quantitative estimate of drug-likeness (QED) is 0.900. The molecule has 18 heavy (non-hydrogen) atoms. The molecule has 0 spiro atoms. The Hall–Kier alpha value is -1.81. The van der Waals surface area contributed by atoms with E-state index >= 15 is 0 Å². The Morgan fingerprint density at radius 3 is 2.78 bits per heavy atom. The first kappa shape index (κ1) is 12.6. The Balaban J connectivity index is 2.42. The largest absolute Gasteiger partial charge is 0.497 e. The van der Waals surface area contributed by atoms with E-state index in [1.807, 2.05) is 35.0 Å². The molecule has 2 rings (SSSR count). The van der Waals surface area contributed by atoms with Crippen LogP contribution in [0.2, 0.25) is 0 Å². The van der Waals surface area contributed by atoms with Crippen LogP contribution in [0.4, 0.5) is 0 Å². The van der Waals surface area contributed by atoms with Crippen molar-refractivity contribution in [1.29, 1.82) is 0 Å². The number of nitrogens with two attached hydrogens (primary N) is 1. The zero-order valence-corrected chi connectivity index (χ0v) is 11.0. The minimum Gasteiger partial charge on any atom is -0.497 e. The maximum Gasteiger partial charge on any atom is 0.120 e. The van der Waals surface area contributed by atoms with Crippen LogP contribution >= 0.6 is 0 Å². The molecule has 0 amide bonds. The molecule has 0 radical (unpaired) electrons. The minimum atomic E-state index is -0.0290. The fourth-order valence-electron chi connectivity index (χ4n) is 1.87. The van der Waals surface area contributed by atoms with Crippen LogP contribution < -0.4 is 10.5 Å². The lowest BCUT2D eigenvalue weighted by Gasteiger charge is -2.18. The lowest BCUT2D eigenvalue weighted by Crippen LogP contribution is -2.19. The molecule has 1 aromatic carbocycles. The van der Waals surface area contributed by atoms with E-state index in [1.165, 1.54) is 0 Å². The maximum absolute atomic E-state index is 6.20. The van der Waals surface area contributed by atoms with Crippen molar-refractivity contribution in [2.75, 3.05) is 7.11 Å². The molecule has 1 atom stereocenters. The van der Waals surface area contributed by atoms with Crippen molar-refractivity contribution in [1.82, 2.24) is 9.55 Å². The highest BCUT2D eigenvalue weighted by atomic mass is 16.5. The summed E-state index contributed by atoms with van der Waals surface area (Å²) in [6, 6.07) is 7.83. The molecule has 0 aliphatic carbocycles. The number of aromatic nitrogens is 2. The first-order valence-corrected chi connectivity index (χ1v) is 6.05. The average Bonchev–Trinajstić information content (AvgIpc) is 2.86. The molecule has 2 N–H and O–H groups in total. The number of ether oxygens (including phenoxy) is 1. The third-order valence-electron chi connectivity index (χ3n) is 3.06. The summed E-state index contributed by atoms with van der Waals surface area (Å²) < 4.78 is 7.24. The summed E-state index contributed by atoms with van der Waals surface area (Å²) in [6.07, 6.45) is 3.61. The SMILES string of the molecule is COc1cccc(-n2cncc2C(N)C(C)C)c1. The summed E-state index contributed by atoms with van der Waals surface area (Å²) in [5.41, 5.74) is 8.22. The van der Waals surface area contributed by atoms with Crippen molar-refractivity contribution in [2.45, 2.75) is 19.9 Å². The van der Waals surface area contributed by atoms with Crippen molar-refractivity contribution in [3.8, 4) is 11.4 Å². The topological polar surface area (TPSA) is 53.1 Å². The van der Waals surface area contributed by atoms with Gasteiger partial charge in [0, 0.05) is 12.1 Å². The number of imidazole rings is 1. The van der Waals surface area contributed by atoms with Crippen molar-refractivity contribution < 1.29 is 4.74 Å². The Labute approximate surface area is 107 Å². The van der Waals surface area contributed by atoms with Crippen molar-refractivity contribution in [3.05, 3.63) is 42.5 Å². The van der Waals surface area contributed by atoms with E-state index in [2.05, 4.69) is 18.8 Å². The third kappa shape index (κ3) is 2.38. The first-order chi connectivity index (χ1) is 8.63. The predicted molar refractivity (Wildman–Crippen MR) is 71.9 cm³/mol. The van der Waals surface area contributed by atoms with Crippen LogP contribution in [0, 0.1) is 5.92 Å². The molecule has 96 valence electrons. The van der Waals surface area contributed by atoms with Gasteiger partial charge in [-0.15, -0.1) is 0 Å². The molecular weight excluding hydrogens is 226 g/mol. The normalized spacial score (nSPS) is 12.7. The highest BCUT2D eigenvalue weighted by Crippen LogP contribution is 2.23. The van der Waals surface area contributed by atoms with Crippen molar-refractivity contribution in [2.24, 2.45) is 11.7 Å². The molecular formula is C14H19N3O. The van der Waals surface area contributed by atoms with E-state index < -0.39 is 0 Å². The van der Waals surface area contributed by atoms with Crippen LogP contribution in [0.5, 0.6) is 5.75 Å². The number of nitrogens with zero attached hydrogens (tertiary/aromatic N) is 2. The van der Waals surface area contributed by atoms with E-state index in [1.54, 1.807) is 13.4 Å². The molecule has 0 aliphatic heterocycles. The summed E-state index contributed by atoms with van der Waals surface area (Å²) in [4.78, 5) is 4.20. The molecule has 0 aliphatic rings. The predicted octanol–water partition coefficient (Wildman–Crippen LogP) is 2.54. The number of methoxy groups -OCH3 is 1. The van der Waals surface area contributed by atoms with Gasteiger partial charge in [-0.05, 0) is 18.1 Å². The van der Waals surface area contributed by atoms with E-state index in [9.17, 15) is 0 Å². The van der Waals surface area contributed by atoms with Crippen molar-refractivity contribution >= 4 is 0 Å². The summed E-state index contributed by atoms with van der Waals surface area (Å²) in [5, 5.41) is 0. The number of benzene rings is 1. The molecule has 4 heteroatoms. The van der Waals surface area contributed by atoms with Gasteiger partial charge in [-0.3, -0.25) is 0 Å². The Kier molecular flexibility index (Phi) is 3.67. The Morgan fingerprint density at radius 1 is 1.33 bits per heavy atom. The van der Waals surface area contributed by atoms with E-state index in [4.69, 9.17) is 10.5 Å². The molecule has 0 saturated heterocycles. The van der Waals surface area contributed by atoms with Crippen LogP contribution in [0.1, 0.15) is 25.6 Å². The minimum absolute atomic E-state index is 0.0290. The fraction of sp³-hybridized carbons (Fsp3) is 0.357. The molecule has 2 aromatic rings. The van der Waals surface area contributed by atoms with Crippen LogP contribution in [-0.4, -0.2) is 16.7 Å². The molecule has 1 heterocycles. The maximum atomic E-state index is 6.20. The Morgan fingerprint density at radius 2 is 2.11 bits per heavy atom. The van der Waals surface area contributed by atoms with Crippen LogP contribution in [0.15, 0.2) is 36.8 Å². The highest BCUT2D eigenvalue weighted by Gasteiger charge is 2.16. The van der Waals surface area contributed by atoms with Gasteiger partial charge in [0.25, 0.3) is 0 Å². The highest BCUT2D eigenvalue weighted by molar-refractivity contribution is 5.40. The van der Waals surface area contributed by atoms with Gasteiger partial charge in [0.1, 0.15) is 5.75 Å². The Bertz CT molecular complexity index is 519. The second kappa shape index (κ2) is 5.23. The number of rotatable bonds is 4. The number of hydrogen-bond donors (Lipinski definition) is 1. The van der Waals surface area contributed by atoms with Gasteiger partial charge in [0.05, 0.1) is 31.0 Å². The lowest BCUT2D eigenvalue weighted by molar-refractivity contribution is 0.414. The zero-order chi connectivity index (χ0) is 13.1. The fourth-order valence-corrected chi connectivity index (χ4v) is 1.87. The average molecular weight is 245 g/mol. The van der Waals surface area contributed by atoms with Gasteiger partial charge in [-0.2, -0.15) is 0 Å². The molecule has 0 bridgehead atoms. The first-order valence-electron chi connectivity index (χ1n) is 6.05. The second-order valence-electron chi connectivity index (χ2n) is 4.66. The van der Waals surface area contributed by atoms with Gasteiger partial charge in [-0.25, -0.2) is 4.98 Å². The van der Waals surface area contributed by atoms with Crippen LogP contribution in [-0.2, 0) is 0 Å². The van der Waals surface area contributed by atoms with Gasteiger partial charge in [0.15, 0.2) is 0 Å². The monoisotopic (exact) mass is 245 g/mol. The van der Waals surface area contributed by atoms with E-state index in [0.29, 0.717) is 5.92 Å². The molecule has 0 saturated carbocycles. The second-order valence-corrected chi connectivity index (χ2v) is 4.66. The molecule has 1 unspecified atom stereocenters. The lowest BCUT2D eigenvalue weighted by atomic mass is 10.0. The van der Waals surface area contributed by atoms with Gasteiger partial charge in [-0.1, -0.05) is 19.9 Å². The molecule has 0 fully saturated rings. The molecule has 4 nitrogen and oxygen atoms in total. The van der Waals surface area contributed by atoms with Gasteiger partial charge < -0.3 is 15.0 Å². The molecule has 1 aromatic heterocycles. The standard InChI is InChI=1S/C14H19N3O/c1-10(2)14(15)13-8-16-9-17(13)11-5-4-6-12(7-11)18-3/h4-10,14H,15H2,1-3H3. The van der Waals surface area contributed by atoms with Gasteiger partial charge in [0.2, 0.25) is 0 Å². The van der Waals surface area contributed by atoms with Crippen LogP contribution in [0.25, 0.3) is 5.69 Å². The van der Waals surface area contributed by atoms with Crippen LogP contribution in [0.3, 0.4) is 0 Å². The summed E-state index contributed by atoms with van der Waals surface area (Å²) in [6.45, 7) is 4.21. The van der Waals surface area contributed by atoms with E-state index in [0.717, 1.165) is 17.1 Å². The number of hydrogen-bond acceptors (Lipinski definition) is 3. The zero-order valence-electron chi connectivity index (χ0n) is 11.0. The summed E-state index contributed by atoms with van der Waals surface area (Å²) >= 11 is 0. The smallest absolute Gasteiger partial charge is 0.120 e.